The lowest BCUT2D eigenvalue weighted by molar-refractivity contribution is -0.122. The number of aryl methyl sites for hydroxylation is 1. The molecule has 152 valence electrons. The number of rotatable bonds is 6. The Kier molecular flexibility index (Phi) is 5.69. The molecule has 6 heteroatoms. The molecule has 4 rings (SSSR count). The van der Waals surface area contributed by atoms with Crippen LogP contribution in [0.15, 0.2) is 42.5 Å². The van der Waals surface area contributed by atoms with Gasteiger partial charge in [0.05, 0.1) is 30.3 Å². The van der Waals surface area contributed by atoms with Crippen molar-refractivity contribution >= 4 is 16.9 Å². The highest BCUT2D eigenvalue weighted by atomic mass is 16.5. The third-order valence-electron chi connectivity index (χ3n) is 5.14. The van der Waals surface area contributed by atoms with Crippen molar-refractivity contribution in [1.82, 2.24) is 15.3 Å². The van der Waals surface area contributed by atoms with Gasteiger partial charge in [-0.15, -0.1) is 0 Å². The molecular weight excluding hydrogens is 366 g/mol. The van der Waals surface area contributed by atoms with Gasteiger partial charge in [-0.25, -0.2) is 4.98 Å². The largest absolute Gasteiger partial charge is 0.490 e. The maximum Gasteiger partial charge on any atom is 0.220 e. The van der Waals surface area contributed by atoms with Gasteiger partial charge in [0.1, 0.15) is 5.82 Å². The van der Waals surface area contributed by atoms with E-state index in [-0.39, 0.29) is 17.9 Å². The molecular formula is C23H27N3O3. The molecule has 1 atom stereocenters. The molecule has 2 heterocycles. The fourth-order valence-corrected chi connectivity index (χ4v) is 3.61. The van der Waals surface area contributed by atoms with E-state index in [0.29, 0.717) is 26.1 Å². The van der Waals surface area contributed by atoms with Gasteiger partial charge in [0.2, 0.25) is 5.91 Å². The van der Waals surface area contributed by atoms with Crippen LogP contribution in [0.5, 0.6) is 11.5 Å². The Balaban J connectivity index is 1.42. The number of fused-ring (bicyclic) bond motifs is 2. The van der Waals surface area contributed by atoms with Crippen LogP contribution < -0.4 is 14.8 Å². The first kappa shape index (κ1) is 19.3. The van der Waals surface area contributed by atoms with Gasteiger partial charge >= 0.3 is 0 Å². The zero-order valence-electron chi connectivity index (χ0n) is 16.9. The van der Waals surface area contributed by atoms with Gasteiger partial charge in [0.25, 0.3) is 0 Å². The molecule has 1 aliphatic rings. The average molecular weight is 393 g/mol. The number of nitrogens with zero attached hydrogens (tertiary/aromatic N) is 1. The second kappa shape index (κ2) is 8.55. The Bertz CT molecular complexity index is 963. The first-order chi connectivity index (χ1) is 14.1. The number of hydrogen-bond acceptors (Lipinski definition) is 4. The number of ether oxygens (including phenoxy) is 2. The van der Waals surface area contributed by atoms with Gasteiger partial charge in [-0.2, -0.15) is 0 Å². The van der Waals surface area contributed by atoms with Crippen LogP contribution in [0.25, 0.3) is 11.0 Å². The summed E-state index contributed by atoms with van der Waals surface area (Å²) in [5.41, 5.74) is 2.95. The zero-order chi connectivity index (χ0) is 20.2. The SMILES string of the molecule is CC(C)C(NC(=O)CCc1nc2ccccc2[nH]1)c1ccc2c(c1)OCCCO2. The molecule has 0 spiro atoms. The van der Waals surface area contributed by atoms with Crippen LogP contribution in [-0.2, 0) is 11.2 Å². The van der Waals surface area contributed by atoms with Crippen molar-refractivity contribution in [3.63, 3.8) is 0 Å². The molecule has 0 saturated heterocycles. The van der Waals surface area contributed by atoms with Crippen molar-refractivity contribution in [2.75, 3.05) is 13.2 Å². The number of nitrogens with one attached hydrogen (secondary N) is 2. The zero-order valence-corrected chi connectivity index (χ0v) is 16.9. The molecule has 1 aromatic heterocycles. The highest BCUT2D eigenvalue weighted by Crippen LogP contribution is 2.34. The molecule has 0 aliphatic carbocycles. The topological polar surface area (TPSA) is 76.2 Å². The van der Waals surface area contributed by atoms with E-state index in [4.69, 9.17) is 9.47 Å². The normalized spacial score (nSPS) is 14.6. The number of imidazole rings is 1. The van der Waals surface area contributed by atoms with Crippen LogP contribution in [0, 0.1) is 5.92 Å². The van der Waals surface area contributed by atoms with E-state index in [1.807, 2.05) is 42.5 Å². The minimum Gasteiger partial charge on any atom is -0.490 e. The number of para-hydroxylation sites is 2. The lowest BCUT2D eigenvalue weighted by atomic mass is 9.95. The molecule has 1 unspecified atom stereocenters. The van der Waals surface area contributed by atoms with Crippen LogP contribution in [0.3, 0.4) is 0 Å². The molecule has 0 saturated carbocycles. The van der Waals surface area contributed by atoms with Gasteiger partial charge in [-0.1, -0.05) is 32.0 Å². The first-order valence-corrected chi connectivity index (χ1v) is 10.2. The molecule has 2 N–H and O–H groups in total. The van der Waals surface area contributed by atoms with Gasteiger partial charge in [-0.3, -0.25) is 4.79 Å². The standard InChI is InChI=1S/C23H27N3O3/c1-15(2)23(16-8-9-19-20(14-16)29-13-5-12-28-19)26-22(27)11-10-21-24-17-6-3-4-7-18(17)25-21/h3-4,6-9,14-15,23H,5,10-13H2,1-2H3,(H,24,25)(H,26,27). The predicted octanol–water partition coefficient (Wildman–Crippen LogP) is 4.17. The summed E-state index contributed by atoms with van der Waals surface area (Å²) < 4.78 is 11.5. The van der Waals surface area contributed by atoms with Gasteiger partial charge in [0, 0.05) is 19.3 Å². The van der Waals surface area contributed by atoms with Crippen molar-refractivity contribution < 1.29 is 14.3 Å². The van der Waals surface area contributed by atoms with E-state index >= 15 is 0 Å². The highest BCUT2D eigenvalue weighted by Gasteiger charge is 2.21. The maximum atomic E-state index is 12.7. The molecule has 0 bridgehead atoms. The van der Waals surface area contributed by atoms with Gasteiger partial charge in [0.15, 0.2) is 11.5 Å². The lowest BCUT2D eigenvalue weighted by Gasteiger charge is -2.24. The van der Waals surface area contributed by atoms with Crippen LogP contribution in [0.4, 0.5) is 0 Å². The van der Waals surface area contributed by atoms with E-state index in [2.05, 4.69) is 29.1 Å². The quantitative estimate of drug-likeness (QED) is 0.659. The number of carbonyl (C=O) groups is 1. The summed E-state index contributed by atoms with van der Waals surface area (Å²) in [6, 6.07) is 13.7. The Morgan fingerprint density at radius 2 is 1.93 bits per heavy atom. The monoisotopic (exact) mass is 393 g/mol. The fraction of sp³-hybridized carbons (Fsp3) is 0.391. The molecule has 1 amide bonds. The molecule has 0 radical (unpaired) electrons. The number of benzene rings is 2. The summed E-state index contributed by atoms with van der Waals surface area (Å²) in [6.45, 7) is 5.52. The Morgan fingerprint density at radius 3 is 2.72 bits per heavy atom. The second-order valence-corrected chi connectivity index (χ2v) is 7.75. The summed E-state index contributed by atoms with van der Waals surface area (Å²) in [5.74, 6) is 2.61. The van der Waals surface area contributed by atoms with Crippen LogP contribution in [0.2, 0.25) is 0 Å². The van der Waals surface area contributed by atoms with E-state index in [1.54, 1.807) is 0 Å². The van der Waals surface area contributed by atoms with Crippen molar-refractivity contribution in [2.45, 2.75) is 39.2 Å². The van der Waals surface area contributed by atoms with Crippen LogP contribution in [-0.4, -0.2) is 29.1 Å². The third-order valence-corrected chi connectivity index (χ3v) is 5.14. The minimum absolute atomic E-state index is 0.0104. The van der Waals surface area contributed by atoms with Crippen LogP contribution in [0.1, 0.15) is 44.1 Å². The van der Waals surface area contributed by atoms with E-state index in [1.165, 1.54) is 0 Å². The highest BCUT2D eigenvalue weighted by molar-refractivity contribution is 5.77. The Labute approximate surface area is 170 Å². The summed E-state index contributed by atoms with van der Waals surface area (Å²) in [6.07, 6.45) is 1.83. The molecule has 1 aliphatic heterocycles. The predicted molar refractivity (Wildman–Crippen MR) is 112 cm³/mol. The number of aromatic amines is 1. The van der Waals surface area contributed by atoms with Gasteiger partial charge in [-0.05, 0) is 35.7 Å². The molecule has 0 fully saturated rings. The lowest BCUT2D eigenvalue weighted by Crippen LogP contribution is -2.32. The van der Waals surface area contributed by atoms with Crippen molar-refractivity contribution in [2.24, 2.45) is 5.92 Å². The molecule has 29 heavy (non-hydrogen) atoms. The van der Waals surface area contributed by atoms with Crippen LogP contribution >= 0.6 is 0 Å². The van der Waals surface area contributed by atoms with Crippen molar-refractivity contribution in [3.05, 3.63) is 53.9 Å². The van der Waals surface area contributed by atoms with Gasteiger partial charge < -0.3 is 19.8 Å². The number of amides is 1. The average Bonchev–Trinajstić information content (AvgIpc) is 2.99. The van der Waals surface area contributed by atoms with E-state index in [9.17, 15) is 4.79 Å². The Hall–Kier alpha value is -3.02. The second-order valence-electron chi connectivity index (χ2n) is 7.75. The number of H-pyrrole nitrogens is 1. The van der Waals surface area contributed by atoms with Crippen molar-refractivity contribution in [1.29, 1.82) is 0 Å². The van der Waals surface area contributed by atoms with E-state index in [0.717, 1.165) is 40.3 Å². The molecule has 6 nitrogen and oxygen atoms in total. The smallest absolute Gasteiger partial charge is 0.220 e. The summed E-state index contributed by atoms with van der Waals surface area (Å²) in [5, 5.41) is 3.18. The first-order valence-electron chi connectivity index (χ1n) is 10.2. The number of carbonyl (C=O) groups excluding carboxylic acids is 1. The fourth-order valence-electron chi connectivity index (χ4n) is 3.61. The number of aromatic nitrogens is 2. The molecule has 3 aromatic rings. The molecule has 2 aromatic carbocycles. The maximum absolute atomic E-state index is 12.7. The summed E-state index contributed by atoms with van der Waals surface area (Å²) in [7, 11) is 0. The Morgan fingerprint density at radius 1 is 1.14 bits per heavy atom. The summed E-state index contributed by atoms with van der Waals surface area (Å²) >= 11 is 0. The minimum atomic E-state index is -0.0877. The summed E-state index contributed by atoms with van der Waals surface area (Å²) in [4.78, 5) is 20.5. The number of hydrogen-bond donors (Lipinski definition) is 2. The third kappa shape index (κ3) is 4.53. The van der Waals surface area contributed by atoms with Crippen molar-refractivity contribution in [3.8, 4) is 11.5 Å². The van der Waals surface area contributed by atoms with E-state index < -0.39 is 0 Å².